The first-order chi connectivity index (χ1) is 7.19. The van der Waals surface area contributed by atoms with Crippen LogP contribution in [0.3, 0.4) is 0 Å². The van der Waals surface area contributed by atoms with E-state index in [-0.39, 0.29) is 11.9 Å². The second-order valence-electron chi connectivity index (χ2n) is 4.34. The molecule has 4 heteroatoms. The van der Waals surface area contributed by atoms with Gasteiger partial charge in [0.15, 0.2) is 0 Å². The maximum absolute atomic E-state index is 11.7. The first-order valence-electron chi connectivity index (χ1n) is 5.85. The minimum Gasteiger partial charge on any atom is -0.358 e. The molecule has 0 aromatic heterocycles. The number of hydrogen-bond acceptors (Lipinski definition) is 3. The quantitative estimate of drug-likeness (QED) is 0.694. The highest BCUT2D eigenvalue weighted by Crippen LogP contribution is 2.09. The number of amides is 1. The van der Waals surface area contributed by atoms with Crippen LogP contribution in [0.5, 0.6) is 0 Å². The van der Waals surface area contributed by atoms with Crippen LogP contribution in [0.4, 0.5) is 0 Å². The van der Waals surface area contributed by atoms with Crippen LogP contribution in [-0.2, 0) is 4.79 Å². The summed E-state index contributed by atoms with van der Waals surface area (Å²) < 4.78 is 0. The highest BCUT2D eigenvalue weighted by molar-refractivity contribution is 5.81. The summed E-state index contributed by atoms with van der Waals surface area (Å²) >= 11 is 0. The largest absolute Gasteiger partial charge is 0.358 e. The van der Waals surface area contributed by atoms with E-state index in [1.165, 1.54) is 6.42 Å². The number of nitrogens with zero attached hydrogens (tertiary/aromatic N) is 1. The third kappa shape index (κ3) is 3.47. The molecule has 1 rings (SSSR count). The van der Waals surface area contributed by atoms with Crippen LogP contribution in [0, 0.1) is 5.92 Å². The fourth-order valence-electron chi connectivity index (χ4n) is 1.92. The Morgan fingerprint density at radius 2 is 2.40 bits per heavy atom. The molecule has 0 saturated carbocycles. The lowest BCUT2D eigenvalue weighted by Crippen LogP contribution is -2.58. The molecule has 0 spiro atoms. The molecule has 1 aliphatic heterocycles. The van der Waals surface area contributed by atoms with Gasteiger partial charge in [-0.3, -0.25) is 9.69 Å². The van der Waals surface area contributed by atoms with E-state index in [1.54, 1.807) is 7.05 Å². The normalized spacial score (nSPS) is 24.9. The second kappa shape index (κ2) is 6.08. The number of rotatable bonds is 4. The summed E-state index contributed by atoms with van der Waals surface area (Å²) in [6.07, 6.45) is 1.17. The Balaban J connectivity index is 2.53. The summed E-state index contributed by atoms with van der Waals surface area (Å²) in [5.41, 5.74) is 0. The van der Waals surface area contributed by atoms with Crippen molar-refractivity contribution in [2.24, 2.45) is 5.92 Å². The zero-order valence-corrected chi connectivity index (χ0v) is 10.0. The fourth-order valence-corrected chi connectivity index (χ4v) is 1.92. The number of carbonyl (C=O) groups is 1. The van der Waals surface area contributed by atoms with E-state index in [9.17, 15) is 4.79 Å². The fraction of sp³-hybridized carbons (Fsp3) is 0.909. The van der Waals surface area contributed by atoms with Gasteiger partial charge in [0.05, 0.1) is 0 Å². The van der Waals surface area contributed by atoms with Gasteiger partial charge in [-0.25, -0.2) is 0 Å². The second-order valence-corrected chi connectivity index (χ2v) is 4.34. The van der Waals surface area contributed by atoms with Crippen LogP contribution in [0.2, 0.25) is 0 Å². The van der Waals surface area contributed by atoms with Crippen molar-refractivity contribution in [2.45, 2.75) is 26.3 Å². The number of nitrogens with one attached hydrogen (secondary N) is 2. The third-order valence-electron chi connectivity index (χ3n) is 3.15. The minimum absolute atomic E-state index is 0.0118. The van der Waals surface area contributed by atoms with Crippen molar-refractivity contribution < 1.29 is 4.79 Å². The highest BCUT2D eigenvalue weighted by atomic mass is 16.2. The zero-order chi connectivity index (χ0) is 11.3. The molecule has 0 aromatic carbocycles. The van der Waals surface area contributed by atoms with Crippen LogP contribution >= 0.6 is 0 Å². The van der Waals surface area contributed by atoms with Gasteiger partial charge in [-0.2, -0.15) is 0 Å². The maximum atomic E-state index is 11.7. The summed E-state index contributed by atoms with van der Waals surface area (Å²) in [7, 11) is 1.71. The lowest BCUT2D eigenvalue weighted by Gasteiger charge is -2.36. The van der Waals surface area contributed by atoms with Gasteiger partial charge in [0, 0.05) is 33.2 Å². The van der Waals surface area contributed by atoms with Crippen molar-refractivity contribution in [2.75, 3.05) is 33.2 Å². The van der Waals surface area contributed by atoms with Gasteiger partial charge in [0.1, 0.15) is 6.04 Å². The number of likely N-dealkylation sites (N-methyl/N-ethyl adjacent to an activating group) is 1. The van der Waals surface area contributed by atoms with Gasteiger partial charge in [-0.05, 0) is 5.92 Å². The molecule has 1 saturated heterocycles. The van der Waals surface area contributed by atoms with Gasteiger partial charge in [-0.15, -0.1) is 0 Å². The summed E-state index contributed by atoms with van der Waals surface area (Å²) in [6.45, 7) is 8.20. The Hall–Kier alpha value is -0.610. The molecule has 4 nitrogen and oxygen atoms in total. The molecule has 15 heavy (non-hydrogen) atoms. The number of carbonyl (C=O) groups excluding carboxylic acids is 1. The predicted octanol–water partition coefficient (Wildman–Crippen LogP) is 0.0523. The van der Waals surface area contributed by atoms with E-state index in [2.05, 4.69) is 29.4 Å². The van der Waals surface area contributed by atoms with Gasteiger partial charge < -0.3 is 10.6 Å². The first kappa shape index (κ1) is 12.5. The van der Waals surface area contributed by atoms with Gasteiger partial charge in [-0.1, -0.05) is 20.3 Å². The highest BCUT2D eigenvalue weighted by Gasteiger charge is 2.28. The van der Waals surface area contributed by atoms with E-state index in [4.69, 9.17) is 0 Å². The van der Waals surface area contributed by atoms with Crippen molar-refractivity contribution >= 4 is 5.91 Å². The van der Waals surface area contributed by atoms with Crippen molar-refractivity contribution in [3.8, 4) is 0 Å². The molecule has 0 aliphatic carbocycles. The number of hydrogen-bond donors (Lipinski definition) is 2. The average Bonchev–Trinajstić information content (AvgIpc) is 2.28. The van der Waals surface area contributed by atoms with Crippen molar-refractivity contribution in [3.63, 3.8) is 0 Å². The molecule has 0 radical (unpaired) electrons. The van der Waals surface area contributed by atoms with E-state index in [0.29, 0.717) is 5.92 Å². The van der Waals surface area contributed by atoms with Crippen LogP contribution in [0.15, 0.2) is 0 Å². The lowest BCUT2D eigenvalue weighted by molar-refractivity contribution is -0.126. The summed E-state index contributed by atoms with van der Waals surface area (Å²) in [6, 6.07) is 0.0118. The lowest BCUT2D eigenvalue weighted by atomic mass is 10.1. The molecule has 0 aromatic rings. The summed E-state index contributed by atoms with van der Waals surface area (Å²) in [5.74, 6) is 0.792. The monoisotopic (exact) mass is 213 g/mol. The van der Waals surface area contributed by atoms with E-state index in [0.717, 1.165) is 26.2 Å². The van der Waals surface area contributed by atoms with E-state index >= 15 is 0 Å². The summed E-state index contributed by atoms with van der Waals surface area (Å²) in [4.78, 5) is 13.9. The SMILES string of the molecule is CCC(C)CN1CCNCC1C(=O)NC. The van der Waals surface area contributed by atoms with Gasteiger partial charge in [0.25, 0.3) is 0 Å². The van der Waals surface area contributed by atoms with Gasteiger partial charge >= 0.3 is 0 Å². The Morgan fingerprint density at radius 3 is 3.00 bits per heavy atom. The molecule has 2 N–H and O–H groups in total. The van der Waals surface area contributed by atoms with E-state index in [1.807, 2.05) is 0 Å². The molecule has 2 unspecified atom stereocenters. The van der Waals surface area contributed by atoms with Crippen molar-refractivity contribution in [1.82, 2.24) is 15.5 Å². The third-order valence-corrected chi connectivity index (χ3v) is 3.15. The molecule has 1 fully saturated rings. The molecule has 1 aliphatic rings. The maximum Gasteiger partial charge on any atom is 0.238 e. The standard InChI is InChI=1S/C11H23N3O/c1-4-9(2)8-14-6-5-13-7-10(14)11(15)12-3/h9-10,13H,4-8H2,1-3H3,(H,12,15). The molecular formula is C11H23N3O. The van der Waals surface area contributed by atoms with Crippen LogP contribution < -0.4 is 10.6 Å². The average molecular weight is 213 g/mol. The first-order valence-corrected chi connectivity index (χ1v) is 5.85. The Morgan fingerprint density at radius 1 is 1.67 bits per heavy atom. The van der Waals surface area contributed by atoms with E-state index < -0.39 is 0 Å². The zero-order valence-electron chi connectivity index (χ0n) is 10.0. The smallest absolute Gasteiger partial charge is 0.238 e. The van der Waals surface area contributed by atoms with Crippen LogP contribution in [-0.4, -0.2) is 50.1 Å². The van der Waals surface area contributed by atoms with Crippen molar-refractivity contribution in [1.29, 1.82) is 0 Å². The van der Waals surface area contributed by atoms with Crippen LogP contribution in [0.1, 0.15) is 20.3 Å². The molecule has 88 valence electrons. The molecule has 1 amide bonds. The molecule has 2 atom stereocenters. The Bertz CT molecular complexity index is 208. The molecule has 0 bridgehead atoms. The molecular weight excluding hydrogens is 190 g/mol. The Labute approximate surface area is 92.4 Å². The van der Waals surface area contributed by atoms with Crippen molar-refractivity contribution in [3.05, 3.63) is 0 Å². The minimum atomic E-state index is 0.0118. The van der Waals surface area contributed by atoms with Crippen LogP contribution in [0.25, 0.3) is 0 Å². The van der Waals surface area contributed by atoms with Gasteiger partial charge in [0.2, 0.25) is 5.91 Å². The topological polar surface area (TPSA) is 44.4 Å². The predicted molar refractivity (Wildman–Crippen MR) is 61.8 cm³/mol. The number of piperazine rings is 1. The Kier molecular flexibility index (Phi) is 5.05. The summed E-state index contributed by atoms with van der Waals surface area (Å²) in [5, 5.41) is 6.00. The molecule has 1 heterocycles.